The molecule has 1 aliphatic carbocycles. The Balaban J connectivity index is 1.56. The van der Waals surface area contributed by atoms with Crippen molar-refractivity contribution in [2.45, 2.75) is 32.1 Å². The van der Waals surface area contributed by atoms with Gasteiger partial charge in [0.2, 0.25) is 0 Å². The summed E-state index contributed by atoms with van der Waals surface area (Å²) in [5.74, 6) is -1.85. The number of anilines is 1. The van der Waals surface area contributed by atoms with Gasteiger partial charge in [0.25, 0.3) is 17.5 Å². The molecule has 34 heavy (non-hydrogen) atoms. The number of esters is 1. The summed E-state index contributed by atoms with van der Waals surface area (Å²) in [4.78, 5) is 47.4. The number of halogens is 1. The van der Waals surface area contributed by atoms with E-state index in [1.807, 2.05) is 0 Å². The van der Waals surface area contributed by atoms with Crippen LogP contribution in [0, 0.1) is 10.1 Å². The first-order chi connectivity index (χ1) is 16.3. The molecule has 1 aliphatic rings. The van der Waals surface area contributed by atoms with E-state index in [0.717, 1.165) is 31.4 Å². The summed E-state index contributed by atoms with van der Waals surface area (Å²) in [6.07, 6.45) is 7.49. The van der Waals surface area contributed by atoms with Gasteiger partial charge in [0.1, 0.15) is 0 Å². The van der Waals surface area contributed by atoms with Gasteiger partial charge in [-0.15, -0.1) is 0 Å². The lowest BCUT2D eigenvalue weighted by Crippen LogP contribution is -2.30. The normalized spacial score (nSPS) is 12.9. The Morgan fingerprint density at radius 2 is 1.88 bits per heavy atom. The molecule has 10 heteroatoms. The van der Waals surface area contributed by atoms with Crippen LogP contribution in [-0.4, -0.2) is 35.9 Å². The summed E-state index contributed by atoms with van der Waals surface area (Å²) >= 11 is 6.01. The molecule has 2 aromatic carbocycles. The molecular formula is C24H24ClN3O6. The minimum absolute atomic E-state index is 0.00268. The summed E-state index contributed by atoms with van der Waals surface area (Å²) in [7, 11) is 0. The second kappa shape index (κ2) is 11.9. The number of nitro benzene ring substituents is 1. The molecule has 9 nitrogen and oxygen atoms in total. The van der Waals surface area contributed by atoms with Crippen molar-refractivity contribution in [2.24, 2.45) is 0 Å². The number of para-hydroxylation sites is 1. The molecule has 0 saturated heterocycles. The Morgan fingerprint density at radius 3 is 2.59 bits per heavy atom. The van der Waals surface area contributed by atoms with E-state index in [1.54, 1.807) is 12.1 Å². The van der Waals surface area contributed by atoms with Crippen LogP contribution in [0.5, 0.6) is 0 Å². The summed E-state index contributed by atoms with van der Waals surface area (Å²) < 4.78 is 5.11. The van der Waals surface area contributed by atoms with Crippen LogP contribution in [-0.2, 0) is 9.53 Å². The zero-order valence-electron chi connectivity index (χ0n) is 18.3. The minimum Gasteiger partial charge on any atom is -0.452 e. The molecule has 0 aliphatic heterocycles. The maximum absolute atomic E-state index is 12.6. The number of non-ortho nitro benzene ring substituents is 1. The fourth-order valence-corrected chi connectivity index (χ4v) is 3.78. The van der Waals surface area contributed by atoms with E-state index in [1.165, 1.54) is 36.6 Å². The number of rotatable bonds is 9. The van der Waals surface area contributed by atoms with E-state index in [-0.39, 0.29) is 27.5 Å². The first-order valence-electron chi connectivity index (χ1n) is 10.8. The molecule has 2 aromatic rings. The minimum atomic E-state index is -0.782. The lowest BCUT2D eigenvalue weighted by atomic mass is 9.97. The summed E-state index contributed by atoms with van der Waals surface area (Å²) in [6.45, 7) is 0.0270. The van der Waals surface area contributed by atoms with Crippen molar-refractivity contribution >= 4 is 40.8 Å². The van der Waals surface area contributed by atoms with Gasteiger partial charge < -0.3 is 15.4 Å². The zero-order chi connectivity index (χ0) is 24.5. The van der Waals surface area contributed by atoms with Gasteiger partial charge in [-0.3, -0.25) is 19.7 Å². The monoisotopic (exact) mass is 485 g/mol. The van der Waals surface area contributed by atoms with Crippen LogP contribution in [0.3, 0.4) is 0 Å². The topological polar surface area (TPSA) is 128 Å². The number of nitrogens with zero attached hydrogens (tertiary/aromatic N) is 1. The van der Waals surface area contributed by atoms with Gasteiger partial charge in [-0.2, -0.15) is 0 Å². The molecule has 3 rings (SSSR count). The third-order valence-corrected chi connectivity index (χ3v) is 5.60. The van der Waals surface area contributed by atoms with Crippen LogP contribution in [0.15, 0.2) is 54.1 Å². The molecular weight excluding hydrogens is 462 g/mol. The van der Waals surface area contributed by atoms with Crippen molar-refractivity contribution < 1.29 is 24.0 Å². The molecule has 2 N–H and O–H groups in total. The standard InChI is InChI=1S/C24H24ClN3O6/c25-20-14-17(28(32)33)10-11-18(20)23(30)27-21-9-5-4-8-19(21)24(31)34-15-22(29)26-13-12-16-6-2-1-3-7-16/h4-6,8-11,14H,1-3,7,12-13,15H2,(H,26,29)(H,27,30). The molecule has 0 unspecified atom stereocenters. The highest BCUT2D eigenvalue weighted by atomic mass is 35.5. The van der Waals surface area contributed by atoms with Crippen molar-refractivity contribution in [1.29, 1.82) is 0 Å². The quantitative estimate of drug-likeness (QED) is 0.230. The fourth-order valence-electron chi connectivity index (χ4n) is 3.52. The highest BCUT2D eigenvalue weighted by Crippen LogP contribution is 2.24. The lowest BCUT2D eigenvalue weighted by Gasteiger charge is -2.13. The Bertz CT molecular complexity index is 1130. The van der Waals surface area contributed by atoms with Gasteiger partial charge in [0, 0.05) is 18.7 Å². The number of benzene rings is 2. The van der Waals surface area contributed by atoms with Crippen molar-refractivity contribution in [3.63, 3.8) is 0 Å². The van der Waals surface area contributed by atoms with Crippen LogP contribution >= 0.6 is 11.6 Å². The molecule has 0 fully saturated rings. The zero-order valence-corrected chi connectivity index (χ0v) is 19.1. The third-order valence-electron chi connectivity index (χ3n) is 5.29. The lowest BCUT2D eigenvalue weighted by molar-refractivity contribution is -0.384. The van der Waals surface area contributed by atoms with Crippen molar-refractivity contribution in [3.05, 3.63) is 80.4 Å². The van der Waals surface area contributed by atoms with Gasteiger partial charge in [0.15, 0.2) is 6.61 Å². The predicted octanol–water partition coefficient (Wildman–Crippen LogP) is 4.66. The molecule has 178 valence electrons. The molecule has 0 radical (unpaired) electrons. The van der Waals surface area contributed by atoms with Crippen LogP contribution in [0.1, 0.15) is 52.8 Å². The van der Waals surface area contributed by atoms with Crippen LogP contribution in [0.4, 0.5) is 11.4 Å². The number of carbonyl (C=O) groups is 3. The van der Waals surface area contributed by atoms with Crippen LogP contribution in [0.2, 0.25) is 5.02 Å². The van der Waals surface area contributed by atoms with Crippen molar-refractivity contribution in [1.82, 2.24) is 5.32 Å². The van der Waals surface area contributed by atoms with Gasteiger partial charge >= 0.3 is 5.97 Å². The Kier molecular flexibility index (Phi) is 8.75. The largest absolute Gasteiger partial charge is 0.452 e. The number of carbonyl (C=O) groups excluding carboxylic acids is 3. The average Bonchev–Trinajstić information content (AvgIpc) is 2.83. The smallest absolute Gasteiger partial charge is 0.340 e. The number of nitrogens with one attached hydrogen (secondary N) is 2. The summed E-state index contributed by atoms with van der Waals surface area (Å²) in [5, 5.41) is 16.0. The molecule has 0 saturated carbocycles. The van der Waals surface area contributed by atoms with Crippen LogP contribution in [0.25, 0.3) is 0 Å². The van der Waals surface area contributed by atoms with E-state index in [4.69, 9.17) is 16.3 Å². The molecule has 0 bridgehead atoms. The second-order valence-electron chi connectivity index (χ2n) is 7.71. The van der Waals surface area contributed by atoms with E-state index in [2.05, 4.69) is 16.7 Å². The SMILES string of the molecule is O=C(COC(=O)c1ccccc1NC(=O)c1ccc([N+](=O)[O-])cc1Cl)NCCC1=CCCCC1. The van der Waals surface area contributed by atoms with Gasteiger partial charge in [0.05, 0.1) is 26.8 Å². The Morgan fingerprint density at radius 1 is 1.09 bits per heavy atom. The maximum atomic E-state index is 12.6. The van der Waals surface area contributed by atoms with Crippen molar-refractivity contribution in [3.8, 4) is 0 Å². The molecule has 0 spiro atoms. The molecule has 0 aromatic heterocycles. The summed E-state index contributed by atoms with van der Waals surface area (Å²) in [6, 6.07) is 9.59. The highest BCUT2D eigenvalue weighted by molar-refractivity contribution is 6.34. The van der Waals surface area contributed by atoms with E-state index >= 15 is 0 Å². The van der Waals surface area contributed by atoms with E-state index in [0.29, 0.717) is 6.54 Å². The second-order valence-corrected chi connectivity index (χ2v) is 8.11. The number of hydrogen-bond acceptors (Lipinski definition) is 6. The number of amides is 2. The van der Waals surface area contributed by atoms with Gasteiger partial charge in [-0.25, -0.2) is 4.79 Å². The maximum Gasteiger partial charge on any atom is 0.340 e. The fraction of sp³-hybridized carbons (Fsp3) is 0.292. The Labute approximate surface area is 201 Å². The highest BCUT2D eigenvalue weighted by Gasteiger charge is 2.19. The van der Waals surface area contributed by atoms with Gasteiger partial charge in [-0.05, 0) is 50.3 Å². The van der Waals surface area contributed by atoms with E-state index < -0.39 is 29.3 Å². The first kappa shape index (κ1) is 24.9. The first-order valence-corrected chi connectivity index (χ1v) is 11.2. The van der Waals surface area contributed by atoms with Gasteiger partial charge in [-0.1, -0.05) is 35.4 Å². The molecule has 2 amide bonds. The molecule has 0 heterocycles. The third kappa shape index (κ3) is 6.89. The summed E-state index contributed by atoms with van der Waals surface area (Å²) in [5.41, 5.74) is 1.29. The number of allylic oxidation sites excluding steroid dienone is 1. The predicted molar refractivity (Wildman–Crippen MR) is 127 cm³/mol. The number of nitro groups is 1. The average molecular weight is 486 g/mol. The molecule has 0 atom stereocenters. The number of hydrogen-bond donors (Lipinski definition) is 2. The van der Waals surface area contributed by atoms with Crippen molar-refractivity contribution in [2.75, 3.05) is 18.5 Å². The van der Waals surface area contributed by atoms with E-state index in [9.17, 15) is 24.5 Å². The van der Waals surface area contributed by atoms with Crippen LogP contribution < -0.4 is 10.6 Å². The number of ether oxygens (including phenoxy) is 1. The Hall–Kier alpha value is -3.72.